The van der Waals surface area contributed by atoms with Gasteiger partial charge in [0.25, 0.3) is 5.91 Å². The number of amides is 2. The first-order valence-electron chi connectivity index (χ1n) is 8.35. The van der Waals surface area contributed by atoms with Crippen molar-refractivity contribution in [2.75, 3.05) is 0 Å². The number of hydrogen-bond donors (Lipinski definition) is 2. The minimum Gasteiger partial charge on any atom is -0.353 e. The summed E-state index contributed by atoms with van der Waals surface area (Å²) in [4.78, 5) is 24.9. The maximum Gasteiger partial charge on any atom is 0.265 e. The van der Waals surface area contributed by atoms with E-state index in [0.717, 1.165) is 30.8 Å². The number of aromatic nitrogens is 2. The van der Waals surface area contributed by atoms with Crippen molar-refractivity contribution in [3.05, 3.63) is 10.6 Å². The van der Waals surface area contributed by atoms with E-state index in [1.54, 1.807) is 6.92 Å². The Labute approximate surface area is 140 Å². The molecule has 0 aromatic carbocycles. The molecule has 1 aliphatic carbocycles. The molecule has 0 bridgehead atoms. The zero-order valence-corrected chi connectivity index (χ0v) is 14.7. The van der Waals surface area contributed by atoms with Gasteiger partial charge in [-0.25, -0.2) is 0 Å². The van der Waals surface area contributed by atoms with Crippen LogP contribution in [0.4, 0.5) is 0 Å². The van der Waals surface area contributed by atoms with E-state index in [9.17, 15) is 9.59 Å². The lowest BCUT2D eigenvalue weighted by Gasteiger charge is -2.45. The molecule has 3 rings (SSSR count). The maximum atomic E-state index is 12.3. The van der Waals surface area contributed by atoms with Crippen LogP contribution in [0.25, 0.3) is 0 Å². The van der Waals surface area contributed by atoms with E-state index in [1.165, 1.54) is 0 Å². The molecule has 2 aliphatic rings. The minimum atomic E-state index is -0.0940. The highest BCUT2D eigenvalue weighted by atomic mass is 32.1. The average molecular weight is 336 g/mol. The number of hydrogen-bond acceptors (Lipinski definition) is 5. The van der Waals surface area contributed by atoms with Crippen LogP contribution in [0.3, 0.4) is 0 Å². The number of nitrogens with one attached hydrogen (secondary N) is 2. The average Bonchev–Trinajstić information content (AvgIpc) is 2.92. The summed E-state index contributed by atoms with van der Waals surface area (Å²) in [6.07, 6.45) is 3.48. The van der Waals surface area contributed by atoms with Gasteiger partial charge in [-0.3, -0.25) is 9.59 Å². The van der Waals surface area contributed by atoms with Crippen LogP contribution in [0.5, 0.6) is 0 Å². The van der Waals surface area contributed by atoms with Gasteiger partial charge in [0.15, 0.2) is 0 Å². The van der Waals surface area contributed by atoms with Gasteiger partial charge in [-0.2, -0.15) is 0 Å². The second kappa shape index (κ2) is 6.55. The molecular formula is C16H24N4O2S. The summed E-state index contributed by atoms with van der Waals surface area (Å²) in [6, 6.07) is 0.292. The van der Waals surface area contributed by atoms with Crippen LogP contribution in [-0.2, 0) is 4.79 Å². The van der Waals surface area contributed by atoms with E-state index in [2.05, 4.69) is 34.1 Å². The van der Waals surface area contributed by atoms with Gasteiger partial charge in [-0.1, -0.05) is 18.3 Å². The molecule has 126 valence electrons. The van der Waals surface area contributed by atoms with Crippen LogP contribution in [-0.4, -0.2) is 33.5 Å². The zero-order valence-electron chi connectivity index (χ0n) is 13.8. The first-order valence-corrected chi connectivity index (χ1v) is 9.12. The molecule has 2 N–H and O–H groups in total. The number of carbonyl (C=O) groups is 2. The largest absolute Gasteiger partial charge is 0.353 e. The number of piperidine rings is 1. The first kappa shape index (κ1) is 16.4. The highest BCUT2D eigenvalue weighted by molar-refractivity contribution is 7.08. The highest BCUT2D eigenvalue weighted by Crippen LogP contribution is 2.39. The summed E-state index contributed by atoms with van der Waals surface area (Å²) in [6.45, 7) is 6.20. The molecule has 23 heavy (non-hydrogen) atoms. The van der Waals surface area contributed by atoms with Gasteiger partial charge in [0.1, 0.15) is 4.88 Å². The molecule has 0 spiro atoms. The molecule has 2 amide bonds. The molecule has 7 heteroatoms. The Bertz CT molecular complexity index is 601. The molecule has 1 saturated carbocycles. The third-order valence-electron chi connectivity index (χ3n) is 5.27. The van der Waals surface area contributed by atoms with Crippen molar-refractivity contribution in [2.45, 2.75) is 58.5 Å². The van der Waals surface area contributed by atoms with Crippen LogP contribution in [0.15, 0.2) is 0 Å². The van der Waals surface area contributed by atoms with Crippen molar-refractivity contribution in [3.8, 4) is 0 Å². The molecule has 0 radical (unpaired) electrons. The molecule has 4 unspecified atom stereocenters. The van der Waals surface area contributed by atoms with Crippen molar-refractivity contribution in [3.63, 3.8) is 0 Å². The van der Waals surface area contributed by atoms with Gasteiger partial charge >= 0.3 is 0 Å². The predicted octanol–water partition coefficient (Wildman–Crippen LogP) is 1.91. The lowest BCUT2D eigenvalue weighted by atomic mass is 9.67. The third kappa shape index (κ3) is 3.39. The highest BCUT2D eigenvalue weighted by Gasteiger charge is 2.42. The molecule has 2 fully saturated rings. The van der Waals surface area contributed by atoms with Gasteiger partial charge < -0.3 is 10.6 Å². The second-order valence-corrected chi connectivity index (χ2v) is 7.87. The quantitative estimate of drug-likeness (QED) is 0.883. The zero-order chi connectivity index (χ0) is 16.6. The van der Waals surface area contributed by atoms with Crippen LogP contribution in [0.2, 0.25) is 0 Å². The van der Waals surface area contributed by atoms with Gasteiger partial charge in [-0.15, -0.1) is 5.10 Å². The third-order valence-corrected chi connectivity index (χ3v) is 6.10. The number of carbonyl (C=O) groups excluding carboxylic acids is 2. The van der Waals surface area contributed by atoms with Crippen LogP contribution < -0.4 is 10.6 Å². The molecule has 6 nitrogen and oxygen atoms in total. The van der Waals surface area contributed by atoms with Gasteiger partial charge in [0, 0.05) is 18.5 Å². The molecule has 1 aromatic rings. The lowest BCUT2D eigenvalue weighted by molar-refractivity contribution is -0.128. The van der Waals surface area contributed by atoms with Crippen LogP contribution in [0.1, 0.15) is 54.9 Å². The Morgan fingerprint density at radius 1 is 1.39 bits per heavy atom. The standard InChI is InChI=1S/C16H24N4O2S/c1-8(2)12-7-14(21)18-13-6-10(4-5-11(12)13)17-16(22)15-9(3)19-20-23-15/h8,10-13H,4-7H2,1-3H3,(H,17,22)(H,18,21). The van der Waals surface area contributed by atoms with Crippen molar-refractivity contribution >= 4 is 23.3 Å². The number of nitrogens with zero attached hydrogens (tertiary/aromatic N) is 2. The molecule has 4 atom stereocenters. The molecule has 1 aromatic heterocycles. The van der Waals surface area contributed by atoms with E-state index in [1.807, 2.05) is 0 Å². The summed E-state index contributed by atoms with van der Waals surface area (Å²) in [5.74, 6) is 1.57. The van der Waals surface area contributed by atoms with Crippen molar-refractivity contribution < 1.29 is 9.59 Å². The molecule has 1 aliphatic heterocycles. The fourth-order valence-corrected chi connectivity index (χ4v) is 4.62. The minimum absolute atomic E-state index is 0.0940. The lowest BCUT2D eigenvalue weighted by Crippen LogP contribution is -2.56. The van der Waals surface area contributed by atoms with E-state index in [-0.39, 0.29) is 23.9 Å². The van der Waals surface area contributed by atoms with Crippen LogP contribution >= 0.6 is 11.5 Å². The molecule has 2 heterocycles. The number of fused-ring (bicyclic) bond motifs is 1. The Balaban J connectivity index is 1.64. The first-order chi connectivity index (χ1) is 11.0. The van der Waals surface area contributed by atoms with Crippen molar-refractivity contribution in [2.24, 2.45) is 17.8 Å². The summed E-state index contributed by atoms with van der Waals surface area (Å²) >= 11 is 1.13. The normalized spacial score (nSPS) is 30.7. The Hall–Kier alpha value is -1.50. The van der Waals surface area contributed by atoms with E-state index < -0.39 is 0 Å². The summed E-state index contributed by atoms with van der Waals surface area (Å²) in [7, 11) is 0. The smallest absolute Gasteiger partial charge is 0.265 e. The van der Waals surface area contributed by atoms with Gasteiger partial charge in [-0.05, 0) is 55.5 Å². The number of aryl methyl sites for hydroxylation is 1. The fourth-order valence-electron chi connectivity index (χ4n) is 4.06. The topological polar surface area (TPSA) is 84.0 Å². The predicted molar refractivity (Wildman–Crippen MR) is 88.1 cm³/mol. The van der Waals surface area contributed by atoms with E-state index in [4.69, 9.17) is 0 Å². The van der Waals surface area contributed by atoms with Crippen LogP contribution in [0, 0.1) is 24.7 Å². The SMILES string of the molecule is Cc1nnsc1C(=O)NC1CCC2C(C1)NC(=O)CC2C(C)C. The summed E-state index contributed by atoms with van der Waals surface area (Å²) in [5.41, 5.74) is 0.673. The Morgan fingerprint density at radius 3 is 2.83 bits per heavy atom. The van der Waals surface area contributed by atoms with Gasteiger partial charge in [0.2, 0.25) is 5.91 Å². The van der Waals surface area contributed by atoms with E-state index in [0.29, 0.717) is 34.7 Å². The van der Waals surface area contributed by atoms with E-state index >= 15 is 0 Å². The Morgan fingerprint density at radius 2 is 2.17 bits per heavy atom. The fraction of sp³-hybridized carbons (Fsp3) is 0.750. The van der Waals surface area contributed by atoms with Gasteiger partial charge in [0.05, 0.1) is 5.69 Å². The maximum absolute atomic E-state index is 12.3. The Kier molecular flexibility index (Phi) is 4.66. The summed E-state index contributed by atoms with van der Waals surface area (Å²) in [5, 5.41) is 10.1. The second-order valence-electron chi connectivity index (χ2n) is 7.12. The van der Waals surface area contributed by atoms with Crippen molar-refractivity contribution in [1.29, 1.82) is 0 Å². The van der Waals surface area contributed by atoms with Crippen molar-refractivity contribution in [1.82, 2.24) is 20.2 Å². The number of rotatable bonds is 3. The monoisotopic (exact) mass is 336 g/mol. The molecule has 1 saturated heterocycles. The molecular weight excluding hydrogens is 312 g/mol. The summed E-state index contributed by atoms with van der Waals surface area (Å²) < 4.78 is 3.81.